The number of carbonyl (C=O) groups excluding carboxylic acids is 5. The minimum Gasteiger partial charge on any atom is -0.425 e. The number of benzene rings is 1. The third-order valence-electron chi connectivity index (χ3n) is 5.95. The molecule has 0 saturated carbocycles. The highest BCUT2D eigenvalue weighted by molar-refractivity contribution is 6.04. The van der Waals surface area contributed by atoms with Crippen molar-refractivity contribution < 1.29 is 33.4 Å². The van der Waals surface area contributed by atoms with Crippen LogP contribution in [0.15, 0.2) is 42.9 Å². The van der Waals surface area contributed by atoms with E-state index in [1.54, 1.807) is 35.8 Å². The number of amides is 3. The molecule has 0 saturated heterocycles. The van der Waals surface area contributed by atoms with Crippen molar-refractivity contribution >= 4 is 47.2 Å². The number of aldehydes is 1. The highest BCUT2D eigenvalue weighted by Gasteiger charge is 2.25. The number of nitrogens with zero attached hydrogens (tertiary/aromatic N) is 4. The number of fused-ring (bicyclic) bond motifs is 1. The van der Waals surface area contributed by atoms with Crippen molar-refractivity contribution in [2.75, 3.05) is 25.2 Å². The Bertz CT molecular complexity index is 1480. The van der Waals surface area contributed by atoms with E-state index >= 15 is 0 Å². The van der Waals surface area contributed by atoms with Crippen LogP contribution in [0.3, 0.4) is 0 Å². The van der Waals surface area contributed by atoms with E-state index in [0.717, 1.165) is 29.0 Å². The lowest BCUT2D eigenvalue weighted by atomic mass is 10.1. The molecule has 0 unspecified atom stereocenters. The summed E-state index contributed by atoms with van der Waals surface area (Å²) in [6.07, 6.45) is 5.48. The van der Waals surface area contributed by atoms with Gasteiger partial charge in [-0.3, -0.25) is 14.4 Å². The first-order valence-corrected chi connectivity index (χ1v) is 13.0. The Morgan fingerprint density at radius 2 is 1.88 bits per heavy atom. The molecule has 0 spiro atoms. The summed E-state index contributed by atoms with van der Waals surface area (Å²) < 4.78 is 11.2. The van der Waals surface area contributed by atoms with Crippen LogP contribution >= 0.6 is 0 Å². The number of rotatable bonds is 12. The molecule has 1 aromatic carbocycles. The monoisotopic (exact) mass is 564 g/mol. The summed E-state index contributed by atoms with van der Waals surface area (Å²) >= 11 is 0. The van der Waals surface area contributed by atoms with Gasteiger partial charge >= 0.3 is 12.1 Å². The average molecular weight is 565 g/mol. The largest absolute Gasteiger partial charge is 0.425 e. The van der Waals surface area contributed by atoms with Crippen LogP contribution in [0.4, 0.5) is 16.3 Å². The van der Waals surface area contributed by atoms with Crippen LogP contribution in [0, 0.1) is 13.8 Å². The summed E-state index contributed by atoms with van der Waals surface area (Å²) in [6, 6.07) is 4.89. The summed E-state index contributed by atoms with van der Waals surface area (Å²) in [7, 11) is 0. The Morgan fingerprint density at radius 3 is 2.59 bits per heavy atom. The fraction of sp³-hybridized carbons (Fsp3) is 0.321. The summed E-state index contributed by atoms with van der Waals surface area (Å²) in [5.74, 6) is -1.28. The quantitative estimate of drug-likeness (QED) is 0.144. The van der Waals surface area contributed by atoms with Crippen molar-refractivity contribution in [3.05, 3.63) is 65.1 Å². The number of aromatic nitrogens is 3. The second kappa shape index (κ2) is 14.4. The Kier molecular flexibility index (Phi) is 10.7. The fourth-order valence-electron chi connectivity index (χ4n) is 3.87. The van der Waals surface area contributed by atoms with E-state index < -0.39 is 24.8 Å². The van der Waals surface area contributed by atoms with Gasteiger partial charge in [-0.15, -0.1) is 0 Å². The number of imide groups is 1. The molecule has 2 heterocycles. The molecule has 0 bridgehead atoms. The molecule has 0 aliphatic carbocycles. The van der Waals surface area contributed by atoms with E-state index in [1.165, 1.54) is 6.33 Å². The zero-order valence-electron chi connectivity index (χ0n) is 23.3. The van der Waals surface area contributed by atoms with Gasteiger partial charge in [0.15, 0.2) is 5.82 Å². The van der Waals surface area contributed by atoms with Crippen LogP contribution in [0.5, 0.6) is 0 Å². The van der Waals surface area contributed by atoms with E-state index in [0.29, 0.717) is 47.4 Å². The molecule has 0 aliphatic heterocycles. The maximum Gasteiger partial charge on any atom is 0.419 e. The van der Waals surface area contributed by atoms with Gasteiger partial charge in [-0.25, -0.2) is 24.0 Å². The molecule has 216 valence electrons. The molecular weight excluding hydrogens is 532 g/mol. The number of hydrogen-bond donors (Lipinski definition) is 2. The molecule has 3 amide bonds. The number of aryl methyl sites for hydroxylation is 2. The van der Waals surface area contributed by atoms with Crippen molar-refractivity contribution in [3.63, 3.8) is 0 Å². The van der Waals surface area contributed by atoms with E-state index in [-0.39, 0.29) is 18.0 Å². The summed E-state index contributed by atoms with van der Waals surface area (Å²) in [6.45, 7) is 7.29. The van der Waals surface area contributed by atoms with Crippen molar-refractivity contribution in [1.82, 2.24) is 24.8 Å². The smallest absolute Gasteiger partial charge is 0.419 e. The van der Waals surface area contributed by atoms with Gasteiger partial charge in [0.05, 0.1) is 5.56 Å². The minimum absolute atomic E-state index is 0.0616. The first kappa shape index (κ1) is 30.5. The summed E-state index contributed by atoms with van der Waals surface area (Å²) in [4.78, 5) is 65.6. The minimum atomic E-state index is -0.991. The number of nitrogens with one attached hydrogen (secondary N) is 2. The molecule has 3 rings (SSSR count). The highest BCUT2D eigenvalue weighted by Crippen LogP contribution is 2.28. The molecule has 2 aromatic heterocycles. The normalized spacial score (nSPS) is 10.8. The Hall–Kier alpha value is -5.07. The van der Waals surface area contributed by atoms with Crippen LogP contribution in [0.1, 0.15) is 58.5 Å². The molecule has 41 heavy (non-hydrogen) atoms. The number of carbonyl (C=O) groups is 5. The van der Waals surface area contributed by atoms with Gasteiger partial charge < -0.3 is 20.1 Å². The second-order valence-corrected chi connectivity index (χ2v) is 8.92. The Morgan fingerprint density at radius 1 is 1.10 bits per heavy atom. The molecule has 13 heteroatoms. The number of ether oxygens (including phenoxy) is 2. The number of allylic oxidation sites excluding steroid dienone is 1. The molecule has 3 aromatic rings. The van der Waals surface area contributed by atoms with Crippen LogP contribution in [-0.4, -0.2) is 69.5 Å². The number of anilines is 2. The van der Waals surface area contributed by atoms with Gasteiger partial charge in [-0.1, -0.05) is 19.9 Å². The Balaban J connectivity index is 1.83. The van der Waals surface area contributed by atoms with Crippen molar-refractivity contribution in [2.45, 2.75) is 40.5 Å². The first-order chi connectivity index (χ1) is 19.7. The SMILES string of the molecule is CCCNC(=O)c1cn2ncnc(Nc3cc(C(=O)N(CCC)C(=O)OCOC(=O)/C=C/C=O)ccc3C)c2c1C. The molecular formula is C28H32N6O7. The standard InChI is InChI=1S/C28H32N6O7/c1-5-11-29-26(37)21-15-34-24(19(21)4)25(30-16-31-34)32-22-14-20(10-9-18(22)3)27(38)33(12-6-2)28(39)41-17-40-23(36)8-7-13-35/h7-10,13-16H,5-6,11-12,17H2,1-4H3,(H,29,37)(H,30,31,32)/b8-7+. The number of hydrogen-bond acceptors (Lipinski definition) is 10. The maximum absolute atomic E-state index is 13.3. The van der Waals surface area contributed by atoms with E-state index in [4.69, 9.17) is 9.47 Å². The van der Waals surface area contributed by atoms with E-state index in [9.17, 15) is 24.0 Å². The predicted octanol–water partition coefficient (Wildman–Crippen LogP) is 3.47. The Labute approximate surface area is 236 Å². The molecule has 0 radical (unpaired) electrons. The van der Waals surface area contributed by atoms with Crippen molar-refractivity contribution in [2.24, 2.45) is 0 Å². The second-order valence-electron chi connectivity index (χ2n) is 8.92. The predicted molar refractivity (Wildman–Crippen MR) is 149 cm³/mol. The molecule has 13 nitrogen and oxygen atoms in total. The van der Waals surface area contributed by atoms with Gasteiger partial charge in [0, 0.05) is 36.6 Å². The van der Waals surface area contributed by atoms with E-state index in [2.05, 4.69) is 20.7 Å². The molecule has 0 atom stereocenters. The zero-order valence-corrected chi connectivity index (χ0v) is 23.3. The van der Waals surface area contributed by atoms with Crippen LogP contribution in [0.2, 0.25) is 0 Å². The summed E-state index contributed by atoms with van der Waals surface area (Å²) in [5.41, 5.74) is 3.30. The third-order valence-corrected chi connectivity index (χ3v) is 5.95. The van der Waals surface area contributed by atoms with Gasteiger partial charge in [0.25, 0.3) is 11.8 Å². The topological polar surface area (TPSA) is 161 Å². The highest BCUT2D eigenvalue weighted by atomic mass is 16.7. The van der Waals surface area contributed by atoms with Gasteiger partial charge in [-0.05, 0) is 56.0 Å². The molecule has 2 N–H and O–H groups in total. The maximum atomic E-state index is 13.3. The molecule has 0 aliphatic rings. The first-order valence-electron chi connectivity index (χ1n) is 13.0. The van der Waals surface area contributed by atoms with Crippen LogP contribution in [0.25, 0.3) is 5.52 Å². The average Bonchev–Trinajstić information content (AvgIpc) is 3.31. The van der Waals surface area contributed by atoms with E-state index in [1.807, 2.05) is 20.8 Å². The van der Waals surface area contributed by atoms with Gasteiger partial charge in [0.2, 0.25) is 6.79 Å². The van der Waals surface area contributed by atoms with Gasteiger partial charge in [0.1, 0.15) is 18.1 Å². The lowest BCUT2D eigenvalue weighted by Gasteiger charge is -2.20. The lowest BCUT2D eigenvalue weighted by Crippen LogP contribution is -2.38. The van der Waals surface area contributed by atoms with Gasteiger partial charge in [-0.2, -0.15) is 5.10 Å². The zero-order chi connectivity index (χ0) is 29.9. The molecule has 0 fully saturated rings. The van der Waals surface area contributed by atoms with Crippen LogP contribution < -0.4 is 10.6 Å². The van der Waals surface area contributed by atoms with Crippen molar-refractivity contribution in [1.29, 1.82) is 0 Å². The fourth-order valence-corrected chi connectivity index (χ4v) is 3.87. The van der Waals surface area contributed by atoms with Crippen molar-refractivity contribution in [3.8, 4) is 0 Å². The lowest BCUT2D eigenvalue weighted by molar-refractivity contribution is -0.146. The number of esters is 1. The van der Waals surface area contributed by atoms with Crippen LogP contribution in [-0.2, 0) is 19.1 Å². The third kappa shape index (κ3) is 7.53. The summed E-state index contributed by atoms with van der Waals surface area (Å²) in [5, 5.41) is 10.3.